The van der Waals surface area contributed by atoms with Crippen LogP contribution in [0.5, 0.6) is 0 Å². The Balaban J connectivity index is 2.63. The summed E-state index contributed by atoms with van der Waals surface area (Å²) in [5, 5.41) is 11.1. The van der Waals surface area contributed by atoms with Crippen molar-refractivity contribution in [1.82, 2.24) is 0 Å². The number of esters is 2. The van der Waals surface area contributed by atoms with Gasteiger partial charge in [-0.25, -0.2) is 0 Å². The Morgan fingerprint density at radius 3 is 2.21 bits per heavy atom. The van der Waals surface area contributed by atoms with Gasteiger partial charge < -0.3 is 14.6 Å². The van der Waals surface area contributed by atoms with E-state index in [2.05, 4.69) is 0 Å². The maximum atomic E-state index is 12.5. The smallest absolute Gasteiger partial charge is 0.316 e. The molecule has 0 aliphatic heterocycles. The first-order valence-corrected chi connectivity index (χ1v) is 7.77. The van der Waals surface area contributed by atoms with Crippen molar-refractivity contribution in [2.45, 2.75) is 24.9 Å². The Bertz CT molecular complexity index is 652. The molecule has 0 aromatic heterocycles. The van der Waals surface area contributed by atoms with Crippen molar-refractivity contribution in [3.8, 4) is 0 Å². The van der Waals surface area contributed by atoms with Crippen molar-refractivity contribution in [2.24, 2.45) is 11.8 Å². The fourth-order valence-electron chi connectivity index (χ4n) is 3.35. The summed E-state index contributed by atoms with van der Waals surface area (Å²) in [7, 11) is 2.37. The standard InChI is InChI=1S/C17H19ClO6/c1-17(22)8-11(19)13(15(20)23-2)12(14(17)16(21)24-3)9-4-6-10(18)7-5-9/h4-7,12-14,22H,8H2,1-3H3/t12-,13+,14-,17-/m0/s1. The maximum Gasteiger partial charge on any atom is 0.316 e. The second kappa shape index (κ2) is 6.91. The predicted octanol–water partition coefficient (Wildman–Crippen LogP) is 1.73. The van der Waals surface area contributed by atoms with Gasteiger partial charge in [0.05, 0.1) is 25.7 Å². The molecule has 130 valence electrons. The number of aliphatic hydroxyl groups is 1. The Morgan fingerprint density at radius 1 is 1.17 bits per heavy atom. The molecule has 1 N–H and O–H groups in total. The third kappa shape index (κ3) is 3.30. The lowest BCUT2D eigenvalue weighted by atomic mass is 9.62. The Hall–Kier alpha value is -1.92. The zero-order chi connectivity index (χ0) is 18.1. The van der Waals surface area contributed by atoms with E-state index in [0.29, 0.717) is 10.6 Å². The van der Waals surface area contributed by atoms with E-state index in [9.17, 15) is 19.5 Å². The first-order chi connectivity index (χ1) is 11.2. The average molecular weight is 355 g/mol. The van der Waals surface area contributed by atoms with E-state index in [1.807, 2.05) is 0 Å². The van der Waals surface area contributed by atoms with Crippen molar-refractivity contribution >= 4 is 29.3 Å². The quantitative estimate of drug-likeness (QED) is 0.656. The van der Waals surface area contributed by atoms with E-state index < -0.39 is 41.1 Å². The molecular formula is C17H19ClO6. The zero-order valence-electron chi connectivity index (χ0n) is 13.6. The number of ketones is 1. The lowest BCUT2D eigenvalue weighted by Gasteiger charge is -2.43. The fraction of sp³-hybridized carbons (Fsp3) is 0.471. The molecule has 0 amide bonds. The highest BCUT2D eigenvalue weighted by atomic mass is 35.5. The van der Waals surface area contributed by atoms with Crippen LogP contribution in [0.15, 0.2) is 24.3 Å². The third-order valence-electron chi connectivity index (χ3n) is 4.43. The van der Waals surface area contributed by atoms with Gasteiger partial charge in [0.15, 0.2) is 5.78 Å². The molecule has 0 bridgehead atoms. The van der Waals surface area contributed by atoms with Gasteiger partial charge in [-0.05, 0) is 24.6 Å². The largest absolute Gasteiger partial charge is 0.469 e. The summed E-state index contributed by atoms with van der Waals surface area (Å²) in [5.74, 6) is -5.11. The SMILES string of the molecule is COC(=O)[C@@H]1C(=O)C[C@](C)(O)[C@H](C(=O)OC)[C@H]1c1ccc(Cl)cc1. The van der Waals surface area contributed by atoms with Crippen LogP contribution in [-0.4, -0.2) is 42.6 Å². The predicted molar refractivity (Wildman–Crippen MR) is 85.5 cm³/mol. The lowest BCUT2D eigenvalue weighted by molar-refractivity contribution is -0.170. The summed E-state index contributed by atoms with van der Waals surface area (Å²) >= 11 is 5.89. The number of carbonyl (C=O) groups excluding carboxylic acids is 3. The number of halogens is 1. The van der Waals surface area contributed by atoms with Crippen LogP contribution >= 0.6 is 11.6 Å². The first kappa shape index (κ1) is 18.4. The fourth-order valence-corrected chi connectivity index (χ4v) is 3.48. The Kier molecular flexibility index (Phi) is 5.30. The number of methoxy groups -OCH3 is 2. The molecule has 0 spiro atoms. The van der Waals surface area contributed by atoms with Crippen LogP contribution in [0.25, 0.3) is 0 Å². The van der Waals surface area contributed by atoms with E-state index >= 15 is 0 Å². The average Bonchev–Trinajstić information content (AvgIpc) is 2.53. The molecular weight excluding hydrogens is 336 g/mol. The summed E-state index contributed by atoms with van der Waals surface area (Å²) in [6.07, 6.45) is -0.337. The minimum atomic E-state index is -1.64. The Labute approximate surface area is 144 Å². The molecule has 0 unspecified atom stereocenters. The van der Waals surface area contributed by atoms with Crippen LogP contribution in [-0.2, 0) is 23.9 Å². The van der Waals surface area contributed by atoms with Crippen LogP contribution in [0.2, 0.25) is 5.02 Å². The van der Waals surface area contributed by atoms with E-state index in [1.54, 1.807) is 24.3 Å². The normalized spacial score (nSPS) is 29.9. The third-order valence-corrected chi connectivity index (χ3v) is 4.68. The summed E-state index contributed by atoms with van der Waals surface area (Å²) in [6, 6.07) is 6.42. The van der Waals surface area contributed by atoms with Crippen molar-refractivity contribution in [3.05, 3.63) is 34.9 Å². The number of hydrogen-bond donors (Lipinski definition) is 1. The van der Waals surface area contributed by atoms with Gasteiger partial charge in [0, 0.05) is 17.4 Å². The van der Waals surface area contributed by atoms with Gasteiger partial charge in [0.25, 0.3) is 0 Å². The number of ether oxygens (including phenoxy) is 2. The molecule has 0 heterocycles. The summed E-state index contributed by atoms with van der Waals surface area (Å²) < 4.78 is 9.56. The van der Waals surface area contributed by atoms with Crippen LogP contribution in [0, 0.1) is 11.8 Å². The molecule has 1 aliphatic carbocycles. The molecule has 6 nitrogen and oxygen atoms in total. The van der Waals surface area contributed by atoms with Crippen LogP contribution in [0.1, 0.15) is 24.8 Å². The molecule has 2 rings (SSSR count). The molecule has 1 aromatic carbocycles. The second-order valence-electron chi connectivity index (χ2n) is 6.08. The molecule has 24 heavy (non-hydrogen) atoms. The topological polar surface area (TPSA) is 89.9 Å². The molecule has 0 radical (unpaired) electrons. The number of rotatable bonds is 3. The molecule has 4 atom stereocenters. The van der Waals surface area contributed by atoms with Gasteiger partial charge in [0.2, 0.25) is 0 Å². The Morgan fingerprint density at radius 2 is 1.71 bits per heavy atom. The highest BCUT2D eigenvalue weighted by Crippen LogP contribution is 2.46. The number of Topliss-reactive ketones (excluding diaryl/α,β-unsaturated/α-hetero) is 1. The minimum absolute atomic E-state index is 0.337. The number of carbonyl (C=O) groups is 3. The second-order valence-corrected chi connectivity index (χ2v) is 6.52. The van der Waals surface area contributed by atoms with Gasteiger partial charge in [-0.1, -0.05) is 23.7 Å². The first-order valence-electron chi connectivity index (χ1n) is 7.39. The minimum Gasteiger partial charge on any atom is -0.469 e. The van der Waals surface area contributed by atoms with Crippen molar-refractivity contribution < 1.29 is 29.0 Å². The molecule has 1 saturated carbocycles. The summed E-state index contributed by atoms with van der Waals surface area (Å²) in [6.45, 7) is 1.39. The van der Waals surface area contributed by atoms with E-state index in [4.69, 9.17) is 21.1 Å². The van der Waals surface area contributed by atoms with Crippen molar-refractivity contribution in [1.29, 1.82) is 0 Å². The molecule has 1 aromatic rings. The zero-order valence-corrected chi connectivity index (χ0v) is 14.4. The highest BCUT2D eigenvalue weighted by Gasteiger charge is 2.56. The monoisotopic (exact) mass is 354 g/mol. The molecule has 1 aliphatic rings. The summed E-state index contributed by atoms with van der Waals surface area (Å²) in [4.78, 5) is 37.0. The molecule has 1 fully saturated rings. The van der Waals surface area contributed by atoms with Gasteiger partial charge in [-0.15, -0.1) is 0 Å². The molecule has 7 heteroatoms. The van der Waals surface area contributed by atoms with Crippen LogP contribution < -0.4 is 0 Å². The highest BCUT2D eigenvalue weighted by molar-refractivity contribution is 6.30. The van der Waals surface area contributed by atoms with E-state index in [-0.39, 0.29) is 6.42 Å². The lowest BCUT2D eigenvalue weighted by Crippen LogP contribution is -2.55. The summed E-state index contributed by atoms with van der Waals surface area (Å²) in [5.41, 5.74) is -1.11. The van der Waals surface area contributed by atoms with Gasteiger partial charge in [0.1, 0.15) is 5.92 Å². The van der Waals surface area contributed by atoms with Gasteiger partial charge in [-0.3, -0.25) is 14.4 Å². The number of benzene rings is 1. The van der Waals surface area contributed by atoms with Crippen molar-refractivity contribution in [2.75, 3.05) is 14.2 Å². The van der Waals surface area contributed by atoms with E-state index in [1.165, 1.54) is 21.1 Å². The van der Waals surface area contributed by atoms with Crippen LogP contribution in [0.4, 0.5) is 0 Å². The van der Waals surface area contributed by atoms with Crippen LogP contribution in [0.3, 0.4) is 0 Å². The molecule has 0 saturated heterocycles. The number of hydrogen-bond acceptors (Lipinski definition) is 6. The van der Waals surface area contributed by atoms with Gasteiger partial charge in [-0.2, -0.15) is 0 Å². The van der Waals surface area contributed by atoms with E-state index in [0.717, 1.165) is 0 Å². The maximum absolute atomic E-state index is 12.5. The van der Waals surface area contributed by atoms with Crippen molar-refractivity contribution in [3.63, 3.8) is 0 Å². The van der Waals surface area contributed by atoms with Gasteiger partial charge >= 0.3 is 11.9 Å².